The van der Waals surface area contributed by atoms with Crippen LogP contribution in [0.1, 0.15) is 16.7 Å². The largest absolute Gasteiger partial charge is 0.305 e. The number of hydrogen-bond acceptors (Lipinski definition) is 2. The van der Waals surface area contributed by atoms with Gasteiger partial charge in [-0.05, 0) is 42.9 Å². The van der Waals surface area contributed by atoms with Crippen LogP contribution in [0.2, 0.25) is 0 Å². The minimum Gasteiger partial charge on any atom is -0.305 e. The summed E-state index contributed by atoms with van der Waals surface area (Å²) in [6, 6.07) is 12.6. The van der Waals surface area contributed by atoms with E-state index in [1.54, 1.807) is 12.4 Å². The Morgan fingerprint density at radius 1 is 0.889 bits per heavy atom. The second kappa shape index (κ2) is 6.12. The highest BCUT2D eigenvalue weighted by Gasteiger charge is 1.94. The summed E-state index contributed by atoms with van der Waals surface area (Å²) in [5, 5.41) is 0. The second-order valence-corrected chi connectivity index (χ2v) is 4.59. The molecule has 0 unspecified atom stereocenters. The molecule has 2 rings (SSSR count). The summed E-state index contributed by atoms with van der Waals surface area (Å²) in [5.74, 6) is 0. The molecule has 0 atom stereocenters. The molecular formula is C16H18N2. The highest BCUT2D eigenvalue weighted by Crippen LogP contribution is 2.10. The van der Waals surface area contributed by atoms with E-state index in [0.717, 1.165) is 6.54 Å². The van der Waals surface area contributed by atoms with Crippen molar-refractivity contribution in [1.82, 2.24) is 9.88 Å². The van der Waals surface area contributed by atoms with Crippen molar-refractivity contribution in [3.8, 4) is 0 Å². The zero-order chi connectivity index (χ0) is 12.8. The maximum absolute atomic E-state index is 4.00. The van der Waals surface area contributed by atoms with Crippen LogP contribution in [0.4, 0.5) is 0 Å². The Bertz CT molecular complexity index is 498. The number of pyridine rings is 1. The van der Waals surface area contributed by atoms with E-state index >= 15 is 0 Å². The molecule has 1 aromatic carbocycles. The maximum atomic E-state index is 4.00. The minimum atomic E-state index is 0.981. The van der Waals surface area contributed by atoms with Gasteiger partial charge in [0.1, 0.15) is 0 Å². The van der Waals surface area contributed by atoms with E-state index in [9.17, 15) is 0 Å². The molecule has 2 heteroatoms. The molecule has 0 radical (unpaired) electrons. The Labute approximate surface area is 109 Å². The molecule has 0 fully saturated rings. The Balaban J connectivity index is 2.04. The quantitative estimate of drug-likeness (QED) is 0.812. The molecule has 1 aromatic heterocycles. The maximum Gasteiger partial charge on any atom is 0.0273 e. The molecule has 2 aromatic rings. The summed E-state index contributed by atoms with van der Waals surface area (Å²) in [6.45, 7) is 0.981. The van der Waals surface area contributed by atoms with Crippen LogP contribution in [0.5, 0.6) is 0 Å². The van der Waals surface area contributed by atoms with Crippen LogP contribution in [0.15, 0.2) is 48.8 Å². The Kier molecular flexibility index (Phi) is 4.26. The number of rotatable bonds is 4. The molecule has 0 bridgehead atoms. The van der Waals surface area contributed by atoms with Crippen LogP contribution in [0.25, 0.3) is 12.2 Å². The minimum absolute atomic E-state index is 0.981. The van der Waals surface area contributed by atoms with Crippen LogP contribution >= 0.6 is 0 Å². The van der Waals surface area contributed by atoms with E-state index in [0.29, 0.717) is 0 Å². The van der Waals surface area contributed by atoms with E-state index < -0.39 is 0 Å². The fourth-order valence-electron chi connectivity index (χ4n) is 1.77. The standard InChI is InChI=1S/C16H18N2/c1-18(2)13-16-7-5-14(6-8-16)3-4-15-9-11-17-12-10-15/h3-12H,13H2,1-2H3/b4-3+. The molecule has 0 aliphatic heterocycles. The molecule has 0 saturated carbocycles. The summed E-state index contributed by atoms with van der Waals surface area (Å²) < 4.78 is 0. The highest BCUT2D eigenvalue weighted by molar-refractivity contribution is 5.69. The predicted octanol–water partition coefficient (Wildman–Crippen LogP) is 3.31. The molecule has 0 N–H and O–H groups in total. The van der Waals surface area contributed by atoms with E-state index in [1.807, 2.05) is 12.1 Å². The predicted molar refractivity (Wildman–Crippen MR) is 77.0 cm³/mol. The van der Waals surface area contributed by atoms with Gasteiger partial charge in [0.25, 0.3) is 0 Å². The molecular weight excluding hydrogens is 220 g/mol. The van der Waals surface area contributed by atoms with Gasteiger partial charge in [-0.25, -0.2) is 0 Å². The van der Waals surface area contributed by atoms with Crippen molar-refractivity contribution in [3.05, 3.63) is 65.5 Å². The van der Waals surface area contributed by atoms with Crippen molar-refractivity contribution in [3.63, 3.8) is 0 Å². The Morgan fingerprint density at radius 3 is 2.00 bits per heavy atom. The lowest BCUT2D eigenvalue weighted by Gasteiger charge is -2.09. The molecule has 0 spiro atoms. The van der Waals surface area contributed by atoms with Gasteiger partial charge in [0.05, 0.1) is 0 Å². The SMILES string of the molecule is CN(C)Cc1ccc(/C=C/c2ccncc2)cc1. The van der Waals surface area contributed by atoms with Crippen molar-refractivity contribution in [1.29, 1.82) is 0 Å². The van der Waals surface area contributed by atoms with Crippen LogP contribution in [-0.4, -0.2) is 24.0 Å². The van der Waals surface area contributed by atoms with Crippen molar-refractivity contribution in [2.24, 2.45) is 0 Å². The third-order valence-corrected chi connectivity index (χ3v) is 2.65. The van der Waals surface area contributed by atoms with Crippen molar-refractivity contribution < 1.29 is 0 Å². The molecule has 92 valence electrons. The van der Waals surface area contributed by atoms with Gasteiger partial charge in [0.2, 0.25) is 0 Å². The van der Waals surface area contributed by atoms with Gasteiger partial charge in [-0.2, -0.15) is 0 Å². The van der Waals surface area contributed by atoms with E-state index in [1.165, 1.54) is 16.7 Å². The first-order valence-electron chi connectivity index (χ1n) is 6.06. The molecule has 1 heterocycles. The van der Waals surface area contributed by atoms with E-state index in [4.69, 9.17) is 0 Å². The lowest BCUT2D eigenvalue weighted by Crippen LogP contribution is -2.10. The molecule has 0 aliphatic carbocycles. The van der Waals surface area contributed by atoms with Crippen molar-refractivity contribution in [2.45, 2.75) is 6.54 Å². The second-order valence-electron chi connectivity index (χ2n) is 4.59. The first kappa shape index (κ1) is 12.5. The molecule has 0 amide bonds. The molecule has 0 saturated heterocycles. The third-order valence-electron chi connectivity index (χ3n) is 2.65. The summed E-state index contributed by atoms with van der Waals surface area (Å²) >= 11 is 0. The van der Waals surface area contributed by atoms with E-state index in [2.05, 4.69) is 60.4 Å². The van der Waals surface area contributed by atoms with Gasteiger partial charge < -0.3 is 4.90 Å². The van der Waals surface area contributed by atoms with Gasteiger partial charge in [0.15, 0.2) is 0 Å². The first-order chi connectivity index (χ1) is 8.74. The van der Waals surface area contributed by atoms with Gasteiger partial charge in [-0.3, -0.25) is 4.98 Å². The van der Waals surface area contributed by atoms with Crippen LogP contribution in [0, 0.1) is 0 Å². The number of benzene rings is 1. The van der Waals surface area contributed by atoms with Crippen molar-refractivity contribution in [2.75, 3.05) is 14.1 Å². The fourth-order valence-corrected chi connectivity index (χ4v) is 1.77. The number of hydrogen-bond donors (Lipinski definition) is 0. The zero-order valence-corrected chi connectivity index (χ0v) is 10.9. The molecule has 18 heavy (non-hydrogen) atoms. The molecule has 0 aliphatic rings. The normalized spacial score (nSPS) is 11.3. The topological polar surface area (TPSA) is 16.1 Å². The van der Waals surface area contributed by atoms with Crippen LogP contribution in [0.3, 0.4) is 0 Å². The molecule has 2 nitrogen and oxygen atoms in total. The monoisotopic (exact) mass is 238 g/mol. The summed E-state index contributed by atoms with van der Waals surface area (Å²) in [4.78, 5) is 6.17. The van der Waals surface area contributed by atoms with Crippen molar-refractivity contribution >= 4 is 12.2 Å². The van der Waals surface area contributed by atoms with Crippen LogP contribution < -0.4 is 0 Å². The summed E-state index contributed by atoms with van der Waals surface area (Å²) in [5.41, 5.74) is 3.72. The van der Waals surface area contributed by atoms with Gasteiger partial charge in [-0.15, -0.1) is 0 Å². The lowest BCUT2D eigenvalue weighted by molar-refractivity contribution is 0.402. The summed E-state index contributed by atoms with van der Waals surface area (Å²) in [6.07, 6.45) is 7.83. The van der Waals surface area contributed by atoms with Gasteiger partial charge in [0, 0.05) is 18.9 Å². The Hall–Kier alpha value is -1.93. The third kappa shape index (κ3) is 3.82. The fraction of sp³-hybridized carbons (Fsp3) is 0.188. The average Bonchev–Trinajstić information content (AvgIpc) is 2.38. The van der Waals surface area contributed by atoms with Crippen LogP contribution in [-0.2, 0) is 6.54 Å². The number of nitrogens with zero attached hydrogens (tertiary/aromatic N) is 2. The first-order valence-corrected chi connectivity index (χ1v) is 6.06. The zero-order valence-electron chi connectivity index (χ0n) is 10.9. The lowest BCUT2D eigenvalue weighted by atomic mass is 10.1. The average molecular weight is 238 g/mol. The Morgan fingerprint density at radius 2 is 1.44 bits per heavy atom. The highest BCUT2D eigenvalue weighted by atomic mass is 15.0. The number of aromatic nitrogens is 1. The van der Waals surface area contributed by atoms with E-state index in [-0.39, 0.29) is 0 Å². The van der Waals surface area contributed by atoms with Gasteiger partial charge >= 0.3 is 0 Å². The summed E-state index contributed by atoms with van der Waals surface area (Å²) in [7, 11) is 4.16. The smallest absolute Gasteiger partial charge is 0.0273 e. The van der Waals surface area contributed by atoms with Gasteiger partial charge in [-0.1, -0.05) is 36.4 Å².